The quantitative estimate of drug-likeness (QED) is 0.941. The van der Waals surface area contributed by atoms with Crippen molar-refractivity contribution in [3.05, 3.63) is 41.2 Å². The van der Waals surface area contributed by atoms with Gasteiger partial charge in [0.25, 0.3) is 0 Å². The van der Waals surface area contributed by atoms with Crippen LogP contribution in [0.3, 0.4) is 0 Å². The van der Waals surface area contributed by atoms with E-state index in [4.69, 9.17) is 4.42 Å². The van der Waals surface area contributed by atoms with Crippen LogP contribution in [0.15, 0.2) is 22.7 Å². The molecule has 112 valence electrons. The van der Waals surface area contributed by atoms with Gasteiger partial charge in [-0.25, -0.2) is 9.97 Å². The first-order chi connectivity index (χ1) is 9.75. The highest BCUT2D eigenvalue weighted by Crippen LogP contribution is 2.24. The zero-order valence-corrected chi connectivity index (χ0v) is 13.2. The highest BCUT2D eigenvalue weighted by atomic mass is 16.4. The van der Waals surface area contributed by atoms with E-state index >= 15 is 0 Å². The zero-order chi connectivity index (χ0) is 15.6. The van der Waals surface area contributed by atoms with Crippen LogP contribution in [0.1, 0.15) is 43.7 Å². The summed E-state index contributed by atoms with van der Waals surface area (Å²) in [5.41, 5.74) is 1.64. The lowest BCUT2D eigenvalue weighted by molar-refractivity contribution is -0.115. The van der Waals surface area contributed by atoms with Gasteiger partial charge in [0.15, 0.2) is 5.89 Å². The molecule has 0 unspecified atom stereocenters. The third kappa shape index (κ3) is 3.90. The van der Waals surface area contributed by atoms with E-state index in [1.165, 1.54) is 0 Å². The standard InChI is InChI=1S/C16H21N3O2/c1-10-6-7-17-13(8-10)19-14(20)9-12-11(2)18-15(21-12)16(3,4)5/h6-8H,9H2,1-5H3,(H,17,19,20). The summed E-state index contributed by atoms with van der Waals surface area (Å²) in [6.45, 7) is 9.89. The molecule has 5 nitrogen and oxygen atoms in total. The van der Waals surface area contributed by atoms with Crippen molar-refractivity contribution < 1.29 is 9.21 Å². The zero-order valence-electron chi connectivity index (χ0n) is 13.2. The first-order valence-corrected chi connectivity index (χ1v) is 6.95. The van der Waals surface area contributed by atoms with Gasteiger partial charge in [-0.1, -0.05) is 20.8 Å². The van der Waals surface area contributed by atoms with Crippen LogP contribution in [-0.4, -0.2) is 15.9 Å². The third-order valence-corrected chi connectivity index (χ3v) is 3.04. The number of hydrogen-bond acceptors (Lipinski definition) is 4. The number of rotatable bonds is 3. The molecule has 2 rings (SSSR count). The summed E-state index contributed by atoms with van der Waals surface area (Å²) in [4.78, 5) is 20.6. The van der Waals surface area contributed by atoms with E-state index in [-0.39, 0.29) is 17.7 Å². The Labute approximate surface area is 124 Å². The molecule has 0 aromatic carbocycles. The van der Waals surface area contributed by atoms with Crippen LogP contribution in [0.2, 0.25) is 0 Å². The minimum Gasteiger partial charge on any atom is -0.444 e. The van der Waals surface area contributed by atoms with Crippen molar-refractivity contribution in [1.29, 1.82) is 0 Å². The van der Waals surface area contributed by atoms with Gasteiger partial charge in [-0.3, -0.25) is 4.79 Å². The summed E-state index contributed by atoms with van der Waals surface area (Å²) in [5, 5.41) is 2.77. The van der Waals surface area contributed by atoms with Crippen LogP contribution < -0.4 is 5.32 Å². The van der Waals surface area contributed by atoms with Gasteiger partial charge < -0.3 is 9.73 Å². The van der Waals surface area contributed by atoms with Crippen LogP contribution in [0.5, 0.6) is 0 Å². The van der Waals surface area contributed by atoms with Gasteiger partial charge in [-0.2, -0.15) is 0 Å². The largest absolute Gasteiger partial charge is 0.444 e. The molecule has 2 aromatic rings. The maximum Gasteiger partial charge on any atom is 0.233 e. The summed E-state index contributed by atoms with van der Waals surface area (Å²) >= 11 is 0. The predicted octanol–water partition coefficient (Wildman–Crippen LogP) is 3.17. The second-order valence-electron chi connectivity index (χ2n) is 6.22. The van der Waals surface area contributed by atoms with Gasteiger partial charge >= 0.3 is 0 Å². The Hall–Kier alpha value is -2.17. The van der Waals surface area contributed by atoms with Crippen molar-refractivity contribution in [1.82, 2.24) is 9.97 Å². The lowest BCUT2D eigenvalue weighted by atomic mass is 9.97. The number of nitrogens with one attached hydrogen (secondary N) is 1. The van der Waals surface area contributed by atoms with Crippen molar-refractivity contribution in [2.24, 2.45) is 0 Å². The van der Waals surface area contributed by atoms with Gasteiger partial charge in [-0.15, -0.1) is 0 Å². The van der Waals surface area contributed by atoms with E-state index in [2.05, 4.69) is 15.3 Å². The average Bonchev–Trinajstić information content (AvgIpc) is 2.70. The molecule has 1 amide bonds. The molecule has 0 radical (unpaired) electrons. The van der Waals surface area contributed by atoms with Gasteiger partial charge in [0, 0.05) is 11.6 Å². The molecule has 0 aliphatic rings. The Kier molecular flexibility index (Phi) is 4.11. The topological polar surface area (TPSA) is 68.0 Å². The van der Waals surface area contributed by atoms with E-state index < -0.39 is 0 Å². The van der Waals surface area contributed by atoms with Gasteiger partial charge in [0.05, 0.1) is 12.1 Å². The summed E-state index contributed by atoms with van der Waals surface area (Å²) in [6.07, 6.45) is 1.83. The van der Waals surface area contributed by atoms with Gasteiger partial charge in [0.1, 0.15) is 11.6 Å². The SMILES string of the molecule is Cc1ccnc(NC(=O)Cc2oc(C(C)(C)C)nc2C)c1. The number of pyridine rings is 1. The molecular formula is C16H21N3O2. The van der Waals surface area contributed by atoms with Crippen LogP contribution in [-0.2, 0) is 16.6 Å². The number of anilines is 1. The van der Waals surface area contributed by atoms with E-state index in [0.29, 0.717) is 17.5 Å². The van der Waals surface area contributed by atoms with Gasteiger partial charge in [-0.05, 0) is 31.5 Å². The number of aryl methyl sites for hydroxylation is 2. The van der Waals surface area contributed by atoms with E-state index in [0.717, 1.165) is 11.3 Å². The second kappa shape index (κ2) is 5.68. The molecule has 21 heavy (non-hydrogen) atoms. The van der Waals surface area contributed by atoms with Crippen LogP contribution in [0, 0.1) is 13.8 Å². The molecule has 0 atom stereocenters. The number of hydrogen-bond donors (Lipinski definition) is 1. The van der Waals surface area contributed by atoms with Crippen molar-refractivity contribution >= 4 is 11.7 Å². The van der Waals surface area contributed by atoms with E-state index in [9.17, 15) is 4.79 Å². The molecule has 0 spiro atoms. The maximum absolute atomic E-state index is 12.1. The molecule has 5 heteroatoms. The molecule has 0 saturated carbocycles. The third-order valence-electron chi connectivity index (χ3n) is 3.04. The van der Waals surface area contributed by atoms with E-state index in [1.54, 1.807) is 6.20 Å². The monoisotopic (exact) mass is 287 g/mol. The lowest BCUT2D eigenvalue weighted by Gasteiger charge is -2.12. The maximum atomic E-state index is 12.1. The molecule has 2 aromatic heterocycles. The molecule has 0 aliphatic carbocycles. The molecule has 0 saturated heterocycles. The Morgan fingerprint density at radius 3 is 2.62 bits per heavy atom. The normalized spacial score (nSPS) is 11.5. The van der Waals surface area contributed by atoms with Crippen molar-refractivity contribution in [2.75, 3.05) is 5.32 Å². The highest BCUT2D eigenvalue weighted by Gasteiger charge is 2.23. The number of carbonyl (C=O) groups excluding carboxylic acids is 1. The molecule has 2 heterocycles. The molecule has 0 fully saturated rings. The number of carbonyl (C=O) groups is 1. The summed E-state index contributed by atoms with van der Waals surface area (Å²) in [6, 6.07) is 3.71. The summed E-state index contributed by atoms with van der Waals surface area (Å²) < 4.78 is 5.72. The molecule has 0 bridgehead atoms. The Morgan fingerprint density at radius 1 is 1.33 bits per heavy atom. The van der Waals surface area contributed by atoms with Crippen molar-refractivity contribution in [2.45, 2.75) is 46.5 Å². The van der Waals surface area contributed by atoms with E-state index in [1.807, 2.05) is 46.8 Å². The number of amides is 1. The number of oxazole rings is 1. The van der Waals surface area contributed by atoms with Crippen LogP contribution in [0.4, 0.5) is 5.82 Å². The lowest BCUT2D eigenvalue weighted by Crippen LogP contribution is -2.15. The fourth-order valence-electron chi connectivity index (χ4n) is 1.85. The first-order valence-electron chi connectivity index (χ1n) is 6.95. The Balaban J connectivity index is 2.08. The summed E-state index contributed by atoms with van der Waals surface area (Å²) in [5.74, 6) is 1.64. The van der Waals surface area contributed by atoms with Gasteiger partial charge in [0.2, 0.25) is 5.91 Å². The van der Waals surface area contributed by atoms with Crippen molar-refractivity contribution in [3.8, 4) is 0 Å². The summed E-state index contributed by atoms with van der Waals surface area (Å²) in [7, 11) is 0. The number of nitrogens with zero attached hydrogens (tertiary/aromatic N) is 2. The molecule has 1 N–H and O–H groups in total. The first kappa shape index (κ1) is 15.2. The van der Waals surface area contributed by atoms with Crippen molar-refractivity contribution in [3.63, 3.8) is 0 Å². The fraction of sp³-hybridized carbons (Fsp3) is 0.438. The predicted molar refractivity (Wildman–Crippen MR) is 81.2 cm³/mol. The minimum absolute atomic E-state index is 0.157. The smallest absolute Gasteiger partial charge is 0.233 e. The minimum atomic E-state index is -0.169. The fourth-order valence-corrected chi connectivity index (χ4v) is 1.85. The highest BCUT2D eigenvalue weighted by molar-refractivity contribution is 5.91. The second-order valence-corrected chi connectivity index (χ2v) is 6.22. The van der Waals surface area contributed by atoms with Crippen LogP contribution >= 0.6 is 0 Å². The Morgan fingerprint density at radius 2 is 2.05 bits per heavy atom. The van der Waals surface area contributed by atoms with Crippen LogP contribution in [0.25, 0.3) is 0 Å². The molecule has 0 aliphatic heterocycles. The Bertz CT molecular complexity index is 654. The number of aromatic nitrogens is 2. The molecular weight excluding hydrogens is 266 g/mol. The average molecular weight is 287 g/mol.